The van der Waals surface area contributed by atoms with Crippen LogP contribution in [0.15, 0.2) is 5.03 Å². The highest BCUT2D eigenvalue weighted by Crippen LogP contribution is 2.54. The Morgan fingerprint density at radius 1 is 1.63 bits per heavy atom. The highest BCUT2D eigenvalue weighted by molar-refractivity contribution is 8.01. The van der Waals surface area contributed by atoms with Crippen LogP contribution in [0.1, 0.15) is 36.9 Å². The fourth-order valence-electron chi connectivity index (χ4n) is 2.40. The number of aromatic nitrogens is 1. The molecule has 7 heteroatoms. The SMILES string of the molecule is Cc1nc2c(c(C3CC3)c1NC(N)=O)NC(C)(O)S2. The third-order valence-corrected chi connectivity index (χ3v) is 4.26. The van der Waals surface area contributed by atoms with Crippen LogP contribution in [-0.4, -0.2) is 21.2 Å². The van der Waals surface area contributed by atoms with Crippen molar-refractivity contribution in [3.05, 3.63) is 11.3 Å². The largest absolute Gasteiger partial charge is 0.362 e. The lowest BCUT2D eigenvalue weighted by atomic mass is 10.1. The molecule has 0 spiro atoms. The maximum atomic E-state index is 11.2. The zero-order valence-corrected chi connectivity index (χ0v) is 11.6. The van der Waals surface area contributed by atoms with Gasteiger partial charge in [0.2, 0.25) is 0 Å². The highest BCUT2D eigenvalue weighted by atomic mass is 32.2. The van der Waals surface area contributed by atoms with E-state index in [1.54, 1.807) is 6.92 Å². The average Bonchev–Trinajstić information content (AvgIpc) is 3.02. The molecule has 1 aliphatic heterocycles. The summed E-state index contributed by atoms with van der Waals surface area (Å²) < 4.78 is 0. The number of thioether (sulfide) groups is 1. The predicted molar refractivity (Wildman–Crippen MR) is 74.3 cm³/mol. The smallest absolute Gasteiger partial charge is 0.316 e. The van der Waals surface area contributed by atoms with E-state index in [-0.39, 0.29) is 0 Å². The quantitative estimate of drug-likeness (QED) is 0.663. The van der Waals surface area contributed by atoms with Crippen LogP contribution in [-0.2, 0) is 0 Å². The van der Waals surface area contributed by atoms with Gasteiger partial charge in [-0.1, -0.05) is 0 Å². The van der Waals surface area contributed by atoms with Gasteiger partial charge in [0.1, 0.15) is 5.03 Å². The molecule has 2 aliphatic rings. The van der Waals surface area contributed by atoms with Gasteiger partial charge in [-0.05, 0) is 44.4 Å². The molecule has 3 rings (SSSR count). The average molecular weight is 280 g/mol. The van der Waals surface area contributed by atoms with Crippen LogP contribution >= 0.6 is 11.8 Å². The lowest BCUT2D eigenvalue weighted by Gasteiger charge is -2.18. The van der Waals surface area contributed by atoms with Crippen molar-refractivity contribution in [2.45, 2.75) is 42.7 Å². The molecule has 0 saturated heterocycles. The first-order chi connectivity index (χ1) is 8.87. The van der Waals surface area contributed by atoms with Gasteiger partial charge in [0.05, 0.1) is 17.1 Å². The first-order valence-corrected chi connectivity index (χ1v) is 6.99. The molecule has 0 bridgehead atoms. The summed E-state index contributed by atoms with van der Waals surface area (Å²) in [5.74, 6) is 0.402. The number of aliphatic hydroxyl groups is 1. The molecule has 1 aromatic rings. The van der Waals surface area contributed by atoms with Crippen LogP contribution in [0.2, 0.25) is 0 Å². The van der Waals surface area contributed by atoms with Gasteiger partial charge in [0.15, 0.2) is 5.06 Å². The zero-order valence-electron chi connectivity index (χ0n) is 10.8. The van der Waals surface area contributed by atoms with Crippen LogP contribution in [0.5, 0.6) is 0 Å². The number of nitrogens with two attached hydrogens (primary N) is 1. The van der Waals surface area contributed by atoms with E-state index in [4.69, 9.17) is 5.73 Å². The second kappa shape index (κ2) is 4.01. The third kappa shape index (κ3) is 2.23. The third-order valence-electron chi connectivity index (χ3n) is 3.27. The second-order valence-corrected chi connectivity index (χ2v) is 6.53. The molecular formula is C12H16N4O2S. The van der Waals surface area contributed by atoms with E-state index < -0.39 is 11.1 Å². The number of aryl methyl sites for hydroxylation is 1. The zero-order chi connectivity index (χ0) is 13.8. The van der Waals surface area contributed by atoms with Gasteiger partial charge in [0, 0.05) is 5.56 Å². The molecule has 2 heterocycles. The van der Waals surface area contributed by atoms with Gasteiger partial charge in [0.25, 0.3) is 0 Å². The molecule has 19 heavy (non-hydrogen) atoms. The van der Waals surface area contributed by atoms with Crippen molar-refractivity contribution in [2.24, 2.45) is 5.73 Å². The molecular weight excluding hydrogens is 264 g/mol. The maximum absolute atomic E-state index is 11.2. The van der Waals surface area contributed by atoms with Crippen molar-refractivity contribution < 1.29 is 9.90 Å². The molecule has 1 saturated carbocycles. The Kier molecular flexibility index (Phi) is 2.65. The predicted octanol–water partition coefficient (Wildman–Crippen LogP) is 1.94. The molecule has 1 atom stereocenters. The lowest BCUT2D eigenvalue weighted by molar-refractivity contribution is 0.191. The first-order valence-electron chi connectivity index (χ1n) is 6.18. The van der Waals surface area contributed by atoms with Gasteiger partial charge in [-0.25, -0.2) is 9.78 Å². The van der Waals surface area contributed by atoms with Crippen molar-refractivity contribution in [3.8, 4) is 0 Å². The standard InChI is InChI=1S/C12H16N4O2S/c1-5-8(15-11(13)17)7(6-3-4-6)9-10(14-5)19-12(2,18)16-9/h6,16,18H,3-4H2,1-2H3,(H3,13,15,17). The van der Waals surface area contributed by atoms with Crippen LogP contribution in [0.4, 0.5) is 16.2 Å². The number of primary amides is 1. The van der Waals surface area contributed by atoms with Gasteiger partial charge < -0.3 is 21.5 Å². The summed E-state index contributed by atoms with van der Waals surface area (Å²) in [5, 5.41) is 15.6. The van der Waals surface area contributed by atoms with Crippen LogP contribution < -0.4 is 16.4 Å². The summed E-state index contributed by atoms with van der Waals surface area (Å²) in [6.07, 6.45) is 2.16. The fraction of sp³-hybridized carbons (Fsp3) is 0.500. The molecule has 102 valence electrons. The van der Waals surface area contributed by atoms with E-state index in [1.165, 1.54) is 11.8 Å². The van der Waals surface area contributed by atoms with Crippen molar-refractivity contribution in [2.75, 3.05) is 10.6 Å². The molecule has 6 nitrogen and oxygen atoms in total. The lowest BCUT2D eigenvalue weighted by Crippen LogP contribution is -2.26. The Hall–Kier alpha value is -1.47. The number of carbonyl (C=O) groups excluding carboxylic acids is 1. The maximum Gasteiger partial charge on any atom is 0.316 e. The van der Waals surface area contributed by atoms with Crippen LogP contribution in [0, 0.1) is 6.92 Å². The topological polar surface area (TPSA) is 100 Å². The number of hydrogen-bond donors (Lipinski definition) is 4. The Bertz CT molecular complexity index is 569. The van der Waals surface area contributed by atoms with Gasteiger partial charge >= 0.3 is 6.03 Å². The summed E-state index contributed by atoms with van der Waals surface area (Å²) in [4.78, 5) is 15.6. The summed E-state index contributed by atoms with van der Waals surface area (Å²) in [5.41, 5.74) is 8.48. The van der Waals surface area contributed by atoms with Crippen molar-refractivity contribution >= 4 is 29.2 Å². The number of nitrogens with zero attached hydrogens (tertiary/aromatic N) is 1. The Morgan fingerprint density at radius 2 is 2.32 bits per heavy atom. The Labute approximate surface area is 115 Å². The molecule has 2 amide bonds. The Balaban J connectivity index is 2.14. The number of hydrogen-bond acceptors (Lipinski definition) is 5. The minimum atomic E-state index is -1.06. The number of nitrogens with one attached hydrogen (secondary N) is 2. The van der Waals surface area contributed by atoms with E-state index in [0.29, 0.717) is 11.6 Å². The molecule has 1 fully saturated rings. The van der Waals surface area contributed by atoms with Crippen LogP contribution in [0.3, 0.4) is 0 Å². The Morgan fingerprint density at radius 3 is 2.89 bits per heavy atom. The number of urea groups is 1. The molecule has 0 radical (unpaired) electrons. The van der Waals surface area contributed by atoms with Gasteiger partial charge in [-0.3, -0.25) is 0 Å². The van der Waals surface area contributed by atoms with E-state index >= 15 is 0 Å². The molecule has 1 aliphatic carbocycles. The van der Waals surface area contributed by atoms with E-state index in [9.17, 15) is 9.90 Å². The molecule has 0 aromatic carbocycles. The van der Waals surface area contributed by atoms with Crippen molar-refractivity contribution in [1.82, 2.24) is 4.98 Å². The van der Waals surface area contributed by atoms with Crippen molar-refractivity contribution in [3.63, 3.8) is 0 Å². The normalized spacial score (nSPS) is 24.8. The van der Waals surface area contributed by atoms with Gasteiger partial charge in [-0.15, -0.1) is 0 Å². The summed E-state index contributed by atoms with van der Waals surface area (Å²) in [7, 11) is 0. The monoisotopic (exact) mass is 280 g/mol. The van der Waals surface area contributed by atoms with Crippen LogP contribution in [0.25, 0.3) is 0 Å². The molecule has 1 aromatic heterocycles. The number of anilines is 2. The first kappa shape index (κ1) is 12.6. The minimum absolute atomic E-state index is 0.402. The minimum Gasteiger partial charge on any atom is -0.362 e. The van der Waals surface area contributed by atoms with E-state index in [2.05, 4.69) is 15.6 Å². The second-order valence-electron chi connectivity index (χ2n) is 5.14. The molecule has 1 unspecified atom stereocenters. The number of rotatable bonds is 2. The number of pyridine rings is 1. The summed E-state index contributed by atoms with van der Waals surface area (Å²) in [6.45, 7) is 3.53. The van der Waals surface area contributed by atoms with Gasteiger partial charge in [-0.2, -0.15) is 0 Å². The summed E-state index contributed by atoms with van der Waals surface area (Å²) in [6, 6.07) is -0.593. The highest BCUT2D eigenvalue weighted by Gasteiger charge is 2.39. The summed E-state index contributed by atoms with van der Waals surface area (Å²) >= 11 is 1.28. The van der Waals surface area contributed by atoms with Crippen molar-refractivity contribution in [1.29, 1.82) is 0 Å². The van der Waals surface area contributed by atoms with E-state index in [0.717, 1.165) is 34.8 Å². The number of carbonyl (C=O) groups is 1. The number of amides is 2. The fourth-order valence-corrected chi connectivity index (χ4v) is 3.38. The number of fused-ring (bicyclic) bond motifs is 1. The molecule has 5 N–H and O–H groups in total. The van der Waals surface area contributed by atoms with E-state index in [1.807, 2.05) is 6.92 Å².